The van der Waals surface area contributed by atoms with Gasteiger partial charge in [-0.25, -0.2) is 4.98 Å². The van der Waals surface area contributed by atoms with Crippen molar-refractivity contribution in [3.63, 3.8) is 0 Å². The smallest absolute Gasteiger partial charge is 0.220 e. The van der Waals surface area contributed by atoms with Crippen molar-refractivity contribution < 1.29 is 4.79 Å². The van der Waals surface area contributed by atoms with E-state index in [2.05, 4.69) is 17.2 Å². The Morgan fingerprint density at radius 3 is 2.85 bits per heavy atom. The van der Waals surface area contributed by atoms with Gasteiger partial charge in [0, 0.05) is 23.5 Å². The number of rotatable bonds is 5. The van der Waals surface area contributed by atoms with Crippen LogP contribution < -0.4 is 11.1 Å². The third-order valence-electron chi connectivity index (χ3n) is 4.48. The molecule has 5 heteroatoms. The minimum atomic E-state index is 0.124. The lowest BCUT2D eigenvalue weighted by Crippen LogP contribution is -2.34. The summed E-state index contributed by atoms with van der Waals surface area (Å²) in [5.74, 6) is 1.10. The Kier molecular flexibility index (Phi) is 4.08. The molecule has 2 fully saturated rings. The summed E-state index contributed by atoms with van der Waals surface area (Å²) in [5, 5.41) is 4.27. The van der Waals surface area contributed by atoms with E-state index in [1.807, 2.05) is 6.20 Å². The van der Waals surface area contributed by atoms with Gasteiger partial charge in [0.1, 0.15) is 5.01 Å². The van der Waals surface area contributed by atoms with E-state index >= 15 is 0 Å². The van der Waals surface area contributed by atoms with Gasteiger partial charge in [0.05, 0.1) is 6.04 Å². The molecular weight excluding hydrogens is 270 g/mol. The summed E-state index contributed by atoms with van der Waals surface area (Å²) >= 11 is 1.70. The summed E-state index contributed by atoms with van der Waals surface area (Å²) in [7, 11) is 0. The van der Waals surface area contributed by atoms with Gasteiger partial charge in [0.25, 0.3) is 0 Å². The Balaban J connectivity index is 1.60. The summed E-state index contributed by atoms with van der Waals surface area (Å²) < 4.78 is 0. The Morgan fingerprint density at radius 2 is 2.30 bits per heavy atom. The molecule has 0 aromatic carbocycles. The predicted molar refractivity (Wildman–Crippen MR) is 80.4 cm³/mol. The van der Waals surface area contributed by atoms with E-state index in [1.54, 1.807) is 11.3 Å². The highest BCUT2D eigenvalue weighted by Crippen LogP contribution is 2.42. The zero-order valence-corrected chi connectivity index (χ0v) is 12.8. The summed E-state index contributed by atoms with van der Waals surface area (Å²) in [5.41, 5.74) is 6.05. The average Bonchev–Trinajstić information content (AvgIpc) is 3.05. The topological polar surface area (TPSA) is 68.0 Å². The normalized spacial score (nSPS) is 27.5. The fourth-order valence-electron chi connectivity index (χ4n) is 3.12. The number of nitrogens with one attached hydrogen (secondary N) is 1. The number of nitrogens with zero attached hydrogens (tertiary/aromatic N) is 1. The van der Waals surface area contributed by atoms with E-state index in [0.717, 1.165) is 24.3 Å². The number of hydrogen-bond donors (Lipinski definition) is 2. The quantitative estimate of drug-likeness (QED) is 0.876. The Hall–Kier alpha value is -0.940. The summed E-state index contributed by atoms with van der Waals surface area (Å²) in [6.07, 6.45) is 8.20. The SMILES string of the molecule is Cc1cnc(C(NC(=O)C[C@@H]2CCC[C@H]2N)C2CC2)s1. The number of carbonyl (C=O) groups is 1. The Labute approximate surface area is 124 Å². The first kappa shape index (κ1) is 14.0. The van der Waals surface area contributed by atoms with Gasteiger partial charge < -0.3 is 11.1 Å². The van der Waals surface area contributed by atoms with Gasteiger partial charge in [-0.3, -0.25) is 4.79 Å². The maximum atomic E-state index is 12.3. The minimum Gasteiger partial charge on any atom is -0.347 e. The number of aromatic nitrogens is 1. The molecule has 20 heavy (non-hydrogen) atoms. The molecule has 3 atom stereocenters. The van der Waals surface area contributed by atoms with E-state index < -0.39 is 0 Å². The minimum absolute atomic E-state index is 0.124. The molecule has 1 amide bonds. The fraction of sp³-hybridized carbons (Fsp3) is 0.733. The van der Waals surface area contributed by atoms with Crippen LogP contribution in [0.5, 0.6) is 0 Å². The molecule has 1 unspecified atom stereocenters. The Morgan fingerprint density at radius 1 is 1.50 bits per heavy atom. The first-order valence-corrected chi connectivity index (χ1v) is 8.42. The fourth-order valence-corrected chi connectivity index (χ4v) is 4.04. The van der Waals surface area contributed by atoms with Crippen LogP contribution in [0.15, 0.2) is 6.20 Å². The number of aryl methyl sites for hydroxylation is 1. The summed E-state index contributed by atoms with van der Waals surface area (Å²) in [4.78, 5) is 17.9. The van der Waals surface area contributed by atoms with Gasteiger partial charge in [-0.2, -0.15) is 0 Å². The second-order valence-corrected chi connectivity index (χ2v) is 7.52. The monoisotopic (exact) mass is 293 g/mol. The van der Waals surface area contributed by atoms with Crippen molar-refractivity contribution >= 4 is 17.2 Å². The summed E-state index contributed by atoms with van der Waals surface area (Å²) in [6, 6.07) is 0.334. The highest BCUT2D eigenvalue weighted by Gasteiger charge is 2.36. The van der Waals surface area contributed by atoms with Gasteiger partial charge in [-0.05, 0) is 44.4 Å². The zero-order chi connectivity index (χ0) is 14.1. The molecule has 3 rings (SSSR count). The molecule has 2 aliphatic carbocycles. The maximum Gasteiger partial charge on any atom is 0.220 e. The molecule has 1 aromatic rings. The van der Waals surface area contributed by atoms with Crippen molar-refractivity contribution in [3.8, 4) is 0 Å². The molecule has 2 saturated carbocycles. The molecule has 4 nitrogen and oxygen atoms in total. The second-order valence-electron chi connectivity index (χ2n) is 6.25. The molecule has 0 bridgehead atoms. The number of carbonyl (C=O) groups excluding carboxylic acids is 1. The number of amides is 1. The van der Waals surface area contributed by atoms with Gasteiger partial charge in [-0.15, -0.1) is 11.3 Å². The van der Waals surface area contributed by atoms with Crippen molar-refractivity contribution in [1.29, 1.82) is 0 Å². The van der Waals surface area contributed by atoms with Crippen LogP contribution in [0.2, 0.25) is 0 Å². The van der Waals surface area contributed by atoms with E-state index in [0.29, 0.717) is 18.3 Å². The van der Waals surface area contributed by atoms with Crippen molar-refractivity contribution in [3.05, 3.63) is 16.1 Å². The summed E-state index contributed by atoms with van der Waals surface area (Å²) in [6.45, 7) is 2.06. The first-order chi connectivity index (χ1) is 9.63. The van der Waals surface area contributed by atoms with Crippen LogP contribution >= 0.6 is 11.3 Å². The number of hydrogen-bond acceptors (Lipinski definition) is 4. The van der Waals surface area contributed by atoms with Crippen molar-refractivity contribution in [2.24, 2.45) is 17.6 Å². The molecule has 1 heterocycles. The van der Waals surface area contributed by atoms with Gasteiger partial charge in [-0.1, -0.05) is 6.42 Å². The van der Waals surface area contributed by atoms with E-state index in [1.165, 1.54) is 17.7 Å². The van der Waals surface area contributed by atoms with Crippen LogP contribution in [0.1, 0.15) is 54.5 Å². The lowest BCUT2D eigenvalue weighted by Gasteiger charge is -2.19. The Bertz CT molecular complexity index is 483. The van der Waals surface area contributed by atoms with Crippen LogP contribution in [-0.2, 0) is 4.79 Å². The number of nitrogens with two attached hydrogens (primary N) is 1. The van der Waals surface area contributed by atoms with Crippen LogP contribution in [0.3, 0.4) is 0 Å². The van der Waals surface area contributed by atoms with Crippen molar-refractivity contribution in [2.75, 3.05) is 0 Å². The number of thiazole rings is 1. The molecule has 1 aromatic heterocycles. The lowest BCUT2D eigenvalue weighted by molar-refractivity contribution is -0.123. The molecule has 3 N–H and O–H groups in total. The van der Waals surface area contributed by atoms with Crippen LogP contribution in [-0.4, -0.2) is 16.9 Å². The molecule has 0 spiro atoms. The third-order valence-corrected chi connectivity index (χ3v) is 5.48. The second kappa shape index (κ2) is 5.82. The van der Waals surface area contributed by atoms with Gasteiger partial charge >= 0.3 is 0 Å². The van der Waals surface area contributed by atoms with E-state index in [4.69, 9.17) is 5.73 Å². The molecule has 0 saturated heterocycles. The molecule has 2 aliphatic rings. The first-order valence-electron chi connectivity index (χ1n) is 7.60. The van der Waals surface area contributed by atoms with E-state index in [9.17, 15) is 4.79 Å². The average molecular weight is 293 g/mol. The van der Waals surface area contributed by atoms with Gasteiger partial charge in [0.15, 0.2) is 0 Å². The van der Waals surface area contributed by atoms with Crippen molar-refractivity contribution in [1.82, 2.24) is 10.3 Å². The molecule has 110 valence electrons. The van der Waals surface area contributed by atoms with Crippen molar-refractivity contribution in [2.45, 2.75) is 57.5 Å². The van der Waals surface area contributed by atoms with Crippen LogP contribution in [0.25, 0.3) is 0 Å². The highest BCUT2D eigenvalue weighted by molar-refractivity contribution is 7.11. The largest absolute Gasteiger partial charge is 0.347 e. The van der Waals surface area contributed by atoms with Gasteiger partial charge in [0.2, 0.25) is 5.91 Å². The standard InChI is InChI=1S/C15H23N3OS/c1-9-8-17-15(20-9)14(10-5-6-10)18-13(19)7-11-3-2-4-12(11)16/h8,10-12,14H,2-7,16H2,1H3,(H,18,19)/t11-,12+,14?/m0/s1. The maximum absolute atomic E-state index is 12.3. The molecular formula is C15H23N3OS. The van der Waals surface area contributed by atoms with Crippen LogP contribution in [0, 0.1) is 18.8 Å². The predicted octanol–water partition coefficient (Wildman–Crippen LogP) is 2.54. The zero-order valence-electron chi connectivity index (χ0n) is 12.0. The van der Waals surface area contributed by atoms with Crippen LogP contribution in [0.4, 0.5) is 0 Å². The lowest BCUT2D eigenvalue weighted by atomic mass is 9.99. The molecule has 0 aliphatic heterocycles. The van der Waals surface area contributed by atoms with E-state index in [-0.39, 0.29) is 18.0 Å². The molecule has 0 radical (unpaired) electrons. The highest BCUT2D eigenvalue weighted by atomic mass is 32.1. The third kappa shape index (κ3) is 3.20.